The number of nitrogens with two attached hydrogens (primary N) is 2. The number of primary amides is 1. The van der Waals surface area contributed by atoms with Crippen molar-refractivity contribution in [2.45, 2.75) is 77.3 Å². The van der Waals surface area contributed by atoms with E-state index in [-0.39, 0.29) is 25.9 Å². The van der Waals surface area contributed by atoms with Crippen LogP contribution in [0.1, 0.15) is 52.6 Å². The molecule has 0 heterocycles. The molecule has 4 rings (SSSR count). The van der Waals surface area contributed by atoms with E-state index in [4.69, 9.17) is 20.9 Å². The summed E-state index contributed by atoms with van der Waals surface area (Å²) in [5.74, 6) is -1.04. The first-order chi connectivity index (χ1) is 25.1. The van der Waals surface area contributed by atoms with Crippen LogP contribution in [0.5, 0.6) is 5.75 Å². The number of carbonyl (C=O) groups is 4. The Hall–Kier alpha value is -5.68. The molecule has 0 bridgehead atoms. The number of carbonyl (C=O) groups excluding carboxylic acids is 4. The van der Waals surface area contributed by atoms with E-state index in [0.29, 0.717) is 26.0 Å². The van der Waals surface area contributed by atoms with Crippen LogP contribution < -0.4 is 32.2 Å². The number of rotatable bonds is 19. The SMILES string of the molecule is Cc1cc(OCc2ccccc2)cc(C)c1C[C@H](N)C(=O)N[C@@H](CCCCNC(=O)OCc1ccccc1)C(=O)N[C@@H](Cc1ccccc1)C(N)=O. The molecule has 0 spiro atoms. The monoisotopic (exact) mass is 707 g/mol. The Labute approximate surface area is 305 Å². The average Bonchev–Trinajstić information content (AvgIpc) is 3.14. The van der Waals surface area contributed by atoms with Crippen molar-refractivity contribution in [1.82, 2.24) is 16.0 Å². The summed E-state index contributed by atoms with van der Waals surface area (Å²) in [6, 6.07) is 29.3. The molecule has 7 N–H and O–H groups in total. The zero-order valence-corrected chi connectivity index (χ0v) is 29.8. The summed E-state index contributed by atoms with van der Waals surface area (Å²) in [5, 5.41) is 8.24. The van der Waals surface area contributed by atoms with Crippen molar-refractivity contribution >= 4 is 23.8 Å². The van der Waals surface area contributed by atoms with Crippen LogP contribution in [-0.4, -0.2) is 48.5 Å². The Bertz CT molecular complexity index is 1730. The lowest BCUT2D eigenvalue weighted by atomic mass is 9.95. The number of hydrogen-bond donors (Lipinski definition) is 5. The molecule has 0 fully saturated rings. The van der Waals surface area contributed by atoms with Crippen molar-refractivity contribution in [3.63, 3.8) is 0 Å². The highest BCUT2D eigenvalue weighted by Gasteiger charge is 2.28. The Kier molecular flexibility index (Phi) is 15.2. The fourth-order valence-corrected chi connectivity index (χ4v) is 5.74. The molecule has 0 unspecified atom stereocenters. The summed E-state index contributed by atoms with van der Waals surface area (Å²) < 4.78 is 11.3. The lowest BCUT2D eigenvalue weighted by Gasteiger charge is -2.24. The number of alkyl carbamates (subject to hydrolysis) is 1. The fraction of sp³-hybridized carbons (Fsp3) is 0.317. The minimum Gasteiger partial charge on any atom is -0.489 e. The molecule has 0 saturated carbocycles. The lowest BCUT2D eigenvalue weighted by Crippen LogP contribution is -2.56. The standard InChI is InChI=1S/C41H49N5O6/c1-28-22-33(51-26-31-16-8-4-9-17-31)23-29(2)34(28)25-35(42)39(48)45-36(40(49)46-37(38(43)47)24-30-14-6-3-7-15-30)20-12-13-21-44-41(50)52-27-32-18-10-5-11-19-32/h3-11,14-19,22-23,35-37H,12-13,20-21,24-27,42H2,1-2H3,(H2,43,47)(H,44,50)(H,45,48)(H,46,49)/t35-,36-,37-/m0/s1. The third-order valence-corrected chi connectivity index (χ3v) is 8.66. The van der Waals surface area contributed by atoms with E-state index in [1.807, 2.05) is 117 Å². The van der Waals surface area contributed by atoms with E-state index >= 15 is 0 Å². The summed E-state index contributed by atoms with van der Waals surface area (Å²) in [6.07, 6.45) is 1.09. The van der Waals surface area contributed by atoms with E-state index in [1.54, 1.807) is 0 Å². The second kappa shape index (κ2) is 20.2. The maximum absolute atomic E-state index is 13.6. The van der Waals surface area contributed by atoms with Crippen LogP contribution in [0, 0.1) is 13.8 Å². The number of amides is 4. The van der Waals surface area contributed by atoms with Gasteiger partial charge in [-0.15, -0.1) is 0 Å². The van der Waals surface area contributed by atoms with Gasteiger partial charge in [-0.1, -0.05) is 91.0 Å². The minimum atomic E-state index is -1.00. The van der Waals surface area contributed by atoms with Crippen molar-refractivity contribution in [3.05, 3.63) is 137 Å². The van der Waals surface area contributed by atoms with Crippen molar-refractivity contribution in [2.75, 3.05) is 6.54 Å². The van der Waals surface area contributed by atoms with Crippen LogP contribution in [0.3, 0.4) is 0 Å². The number of aryl methyl sites for hydroxylation is 2. The predicted octanol–water partition coefficient (Wildman–Crippen LogP) is 4.55. The van der Waals surface area contributed by atoms with E-state index in [1.165, 1.54) is 0 Å². The Morgan fingerprint density at radius 1 is 0.673 bits per heavy atom. The highest BCUT2D eigenvalue weighted by molar-refractivity contribution is 5.92. The highest BCUT2D eigenvalue weighted by Crippen LogP contribution is 2.24. The second-order valence-corrected chi connectivity index (χ2v) is 12.8. The van der Waals surface area contributed by atoms with Crippen molar-refractivity contribution in [2.24, 2.45) is 11.5 Å². The second-order valence-electron chi connectivity index (χ2n) is 12.8. The van der Waals surface area contributed by atoms with Crippen LogP contribution >= 0.6 is 0 Å². The van der Waals surface area contributed by atoms with Gasteiger partial charge in [-0.25, -0.2) is 4.79 Å². The van der Waals surface area contributed by atoms with Gasteiger partial charge in [-0.05, 0) is 85.0 Å². The van der Waals surface area contributed by atoms with Crippen molar-refractivity contribution in [3.8, 4) is 5.75 Å². The first kappa shape index (κ1) is 39.1. The average molecular weight is 708 g/mol. The molecule has 0 aliphatic rings. The summed E-state index contributed by atoms with van der Waals surface area (Å²) in [5.41, 5.74) is 17.6. The molecule has 4 aromatic rings. The number of benzene rings is 4. The molecule has 3 atom stereocenters. The van der Waals surface area contributed by atoms with E-state index in [9.17, 15) is 19.2 Å². The van der Waals surface area contributed by atoms with Gasteiger partial charge in [-0.2, -0.15) is 0 Å². The third kappa shape index (κ3) is 12.9. The molecule has 0 aliphatic heterocycles. The fourth-order valence-electron chi connectivity index (χ4n) is 5.74. The summed E-state index contributed by atoms with van der Waals surface area (Å²) >= 11 is 0. The summed E-state index contributed by atoms with van der Waals surface area (Å²) in [6.45, 7) is 4.77. The molecule has 11 nitrogen and oxygen atoms in total. The smallest absolute Gasteiger partial charge is 0.407 e. The quantitative estimate of drug-likeness (QED) is 0.0889. The van der Waals surface area contributed by atoms with Crippen LogP contribution in [0.25, 0.3) is 0 Å². The largest absolute Gasteiger partial charge is 0.489 e. The van der Waals surface area contributed by atoms with Crippen LogP contribution in [0.2, 0.25) is 0 Å². The molecule has 0 aromatic heterocycles. The molecule has 0 aliphatic carbocycles. The van der Waals surface area contributed by atoms with E-state index < -0.39 is 41.9 Å². The Morgan fingerprint density at radius 3 is 1.79 bits per heavy atom. The van der Waals surface area contributed by atoms with Gasteiger partial charge in [-0.3, -0.25) is 14.4 Å². The van der Waals surface area contributed by atoms with Crippen LogP contribution in [0.4, 0.5) is 4.79 Å². The molecule has 274 valence electrons. The van der Waals surface area contributed by atoms with Gasteiger partial charge >= 0.3 is 6.09 Å². The van der Waals surface area contributed by atoms with Gasteiger partial charge in [0.15, 0.2) is 0 Å². The van der Waals surface area contributed by atoms with Gasteiger partial charge in [0, 0.05) is 13.0 Å². The molecular weight excluding hydrogens is 658 g/mol. The zero-order chi connectivity index (χ0) is 37.3. The molecular formula is C41H49N5O6. The Morgan fingerprint density at radius 2 is 1.21 bits per heavy atom. The summed E-state index contributed by atoms with van der Waals surface area (Å²) in [7, 11) is 0. The molecule has 4 amide bonds. The Balaban J connectivity index is 1.35. The van der Waals surface area contributed by atoms with Gasteiger partial charge in [0.1, 0.15) is 31.0 Å². The molecule has 52 heavy (non-hydrogen) atoms. The van der Waals surface area contributed by atoms with Crippen molar-refractivity contribution < 1.29 is 28.7 Å². The number of unbranched alkanes of at least 4 members (excludes halogenated alkanes) is 1. The minimum absolute atomic E-state index is 0.149. The highest BCUT2D eigenvalue weighted by atomic mass is 16.5. The van der Waals surface area contributed by atoms with E-state index in [2.05, 4.69) is 16.0 Å². The molecule has 11 heteroatoms. The first-order valence-corrected chi connectivity index (χ1v) is 17.5. The predicted molar refractivity (Wildman–Crippen MR) is 200 cm³/mol. The van der Waals surface area contributed by atoms with Crippen molar-refractivity contribution in [1.29, 1.82) is 0 Å². The number of ether oxygens (including phenoxy) is 2. The van der Waals surface area contributed by atoms with E-state index in [0.717, 1.165) is 39.1 Å². The van der Waals surface area contributed by atoms with Gasteiger partial charge < -0.3 is 36.9 Å². The normalized spacial score (nSPS) is 12.5. The van der Waals surface area contributed by atoms with Gasteiger partial charge in [0.05, 0.1) is 6.04 Å². The molecule has 0 radical (unpaired) electrons. The number of hydrogen-bond acceptors (Lipinski definition) is 7. The first-order valence-electron chi connectivity index (χ1n) is 17.5. The van der Waals surface area contributed by atoms with Crippen LogP contribution in [-0.2, 0) is 45.2 Å². The van der Waals surface area contributed by atoms with Crippen LogP contribution in [0.15, 0.2) is 103 Å². The lowest BCUT2D eigenvalue weighted by molar-refractivity contribution is -0.131. The maximum Gasteiger partial charge on any atom is 0.407 e. The molecule has 0 saturated heterocycles. The van der Waals surface area contributed by atoms with Gasteiger partial charge in [0.2, 0.25) is 17.7 Å². The van der Waals surface area contributed by atoms with Gasteiger partial charge in [0.25, 0.3) is 0 Å². The zero-order valence-electron chi connectivity index (χ0n) is 29.8. The topological polar surface area (TPSA) is 175 Å². The number of nitrogens with one attached hydrogen (secondary N) is 3. The molecule has 4 aromatic carbocycles. The maximum atomic E-state index is 13.6. The third-order valence-electron chi connectivity index (χ3n) is 8.66. The summed E-state index contributed by atoms with van der Waals surface area (Å²) in [4.78, 5) is 51.6.